The monoisotopic (exact) mass is 239 g/mol. The average Bonchev–Trinajstić information content (AvgIpc) is 2.08. The molecule has 0 aliphatic heterocycles. The van der Waals surface area contributed by atoms with E-state index in [9.17, 15) is 8.42 Å². The Hall–Kier alpha value is 0.260. The van der Waals surface area contributed by atoms with Gasteiger partial charge in [0.25, 0.3) is 0 Å². The van der Waals surface area contributed by atoms with E-state index in [1.165, 1.54) is 6.26 Å². The highest BCUT2D eigenvalue weighted by molar-refractivity contribution is 8.00. The summed E-state index contributed by atoms with van der Waals surface area (Å²) in [4.78, 5) is 0. The van der Waals surface area contributed by atoms with Gasteiger partial charge in [-0.15, -0.1) is 0 Å². The third-order valence-electron chi connectivity index (χ3n) is 1.90. The molecule has 0 saturated heterocycles. The summed E-state index contributed by atoms with van der Waals surface area (Å²) >= 11 is 1.71. The lowest BCUT2D eigenvalue weighted by Crippen LogP contribution is -2.30. The Labute approximate surface area is 92.0 Å². The zero-order chi connectivity index (χ0) is 11.0. The van der Waals surface area contributed by atoms with Crippen molar-refractivity contribution in [1.82, 2.24) is 5.32 Å². The van der Waals surface area contributed by atoms with Crippen LogP contribution in [0.5, 0.6) is 0 Å². The number of thioether (sulfide) groups is 1. The largest absolute Gasteiger partial charge is 0.313 e. The Morgan fingerprint density at radius 2 is 2.00 bits per heavy atom. The Bertz CT molecular complexity index is 227. The smallest absolute Gasteiger partial charge is 0.148 e. The van der Waals surface area contributed by atoms with Crippen LogP contribution in [-0.4, -0.2) is 44.5 Å². The van der Waals surface area contributed by atoms with Crippen LogP contribution in [0.2, 0.25) is 0 Å². The van der Waals surface area contributed by atoms with Gasteiger partial charge in [-0.05, 0) is 13.0 Å². The van der Waals surface area contributed by atoms with Crippen LogP contribution < -0.4 is 5.32 Å². The third-order valence-corrected chi connectivity index (χ3v) is 4.24. The van der Waals surface area contributed by atoms with E-state index in [1.54, 1.807) is 11.8 Å². The van der Waals surface area contributed by atoms with E-state index < -0.39 is 9.84 Å². The van der Waals surface area contributed by atoms with Crippen molar-refractivity contribution in [1.29, 1.82) is 0 Å². The highest BCUT2D eigenvalue weighted by Crippen LogP contribution is 2.06. The van der Waals surface area contributed by atoms with E-state index in [1.807, 2.05) is 0 Å². The van der Waals surface area contributed by atoms with Crippen molar-refractivity contribution < 1.29 is 8.42 Å². The van der Waals surface area contributed by atoms with Gasteiger partial charge in [-0.1, -0.05) is 13.8 Å². The van der Waals surface area contributed by atoms with Crippen molar-refractivity contribution in [2.45, 2.75) is 26.3 Å². The first-order valence-corrected chi connectivity index (χ1v) is 8.20. The predicted octanol–water partition coefficient (Wildman–Crippen LogP) is 1.15. The molecular weight excluding hydrogens is 218 g/mol. The first kappa shape index (κ1) is 14.3. The van der Waals surface area contributed by atoms with Crippen LogP contribution in [0.25, 0.3) is 0 Å². The van der Waals surface area contributed by atoms with Crippen molar-refractivity contribution in [2.24, 2.45) is 0 Å². The van der Waals surface area contributed by atoms with Gasteiger partial charge in [0.15, 0.2) is 0 Å². The summed E-state index contributed by atoms with van der Waals surface area (Å²) in [5.74, 6) is 2.00. The molecule has 1 atom stereocenters. The van der Waals surface area contributed by atoms with Gasteiger partial charge in [-0.2, -0.15) is 11.8 Å². The maximum Gasteiger partial charge on any atom is 0.148 e. The normalized spacial score (nSPS) is 14.2. The second kappa shape index (κ2) is 7.54. The lowest BCUT2D eigenvalue weighted by Gasteiger charge is -2.14. The van der Waals surface area contributed by atoms with Crippen molar-refractivity contribution in [3.8, 4) is 0 Å². The van der Waals surface area contributed by atoms with Crippen LogP contribution in [0, 0.1) is 0 Å². The molecule has 0 heterocycles. The van der Waals surface area contributed by atoms with Crippen LogP contribution >= 0.6 is 11.8 Å². The standard InChI is InChI=1S/C9H21NO2S2/c1-4-9(10-5-2)8-13-6-7-14(3,11)12/h9-10H,4-8H2,1-3H3. The number of hydrogen-bond acceptors (Lipinski definition) is 4. The minimum absolute atomic E-state index is 0.292. The average molecular weight is 239 g/mol. The van der Waals surface area contributed by atoms with Gasteiger partial charge in [0, 0.05) is 23.8 Å². The summed E-state index contributed by atoms with van der Waals surface area (Å²) in [5.41, 5.74) is 0. The minimum atomic E-state index is -2.78. The molecule has 0 aliphatic carbocycles. The number of rotatable bonds is 8. The zero-order valence-electron chi connectivity index (χ0n) is 9.25. The molecule has 3 nitrogen and oxygen atoms in total. The zero-order valence-corrected chi connectivity index (χ0v) is 10.9. The van der Waals surface area contributed by atoms with E-state index in [4.69, 9.17) is 0 Å². The van der Waals surface area contributed by atoms with Gasteiger partial charge in [0.05, 0.1) is 5.75 Å². The van der Waals surface area contributed by atoms with Crippen LogP contribution in [0.3, 0.4) is 0 Å². The molecule has 14 heavy (non-hydrogen) atoms. The highest BCUT2D eigenvalue weighted by Gasteiger charge is 2.06. The van der Waals surface area contributed by atoms with Crippen molar-refractivity contribution in [2.75, 3.05) is 30.1 Å². The maximum atomic E-state index is 10.8. The van der Waals surface area contributed by atoms with E-state index in [-0.39, 0.29) is 0 Å². The van der Waals surface area contributed by atoms with Gasteiger partial charge < -0.3 is 5.32 Å². The molecule has 5 heteroatoms. The van der Waals surface area contributed by atoms with Gasteiger partial charge >= 0.3 is 0 Å². The molecule has 0 amide bonds. The topological polar surface area (TPSA) is 46.2 Å². The molecule has 0 bridgehead atoms. The van der Waals surface area contributed by atoms with E-state index in [0.717, 1.165) is 18.7 Å². The highest BCUT2D eigenvalue weighted by atomic mass is 32.2. The molecule has 0 aromatic carbocycles. The third kappa shape index (κ3) is 8.84. The maximum absolute atomic E-state index is 10.8. The second-order valence-corrected chi connectivity index (χ2v) is 6.78. The van der Waals surface area contributed by atoms with Gasteiger partial charge in [-0.25, -0.2) is 8.42 Å². The Morgan fingerprint density at radius 1 is 1.36 bits per heavy atom. The van der Waals surface area contributed by atoms with Gasteiger partial charge in [-0.3, -0.25) is 0 Å². The minimum Gasteiger partial charge on any atom is -0.313 e. The molecule has 0 aliphatic rings. The second-order valence-electron chi connectivity index (χ2n) is 3.37. The first-order chi connectivity index (χ1) is 6.49. The fraction of sp³-hybridized carbons (Fsp3) is 1.00. The van der Waals surface area contributed by atoms with Gasteiger partial charge in [0.1, 0.15) is 9.84 Å². The van der Waals surface area contributed by atoms with Crippen LogP contribution in [0.4, 0.5) is 0 Å². The van der Waals surface area contributed by atoms with E-state index in [0.29, 0.717) is 17.5 Å². The quantitative estimate of drug-likeness (QED) is 0.646. The van der Waals surface area contributed by atoms with Gasteiger partial charge in [0.2, 0.25) is 0 Å². The lowest BCUT2D eigenvalue weighted by molar-refractivity contribution is 0.560. The molecule has 86 valence electrons. The van der Waals surface area contributed by atoms with E-state index in [2.05, 4.69) is 19.2 Å². The molecule has 0 fully saturated rings. The summed E-state index contributed by atoms with van der Waals surface area (Å²) in [6.45, 7) is 5.21. The molecule has 0 aromatic rings. The fourth-order valence-electron chi connectivity index (χ4n) is 1.05. The molecule has 0 radical (unpaired) electrons. The molecular formula is C9H21NO2S2. The van der Waals surface area contributed by atoms with Crippen LogP contribution in [0.1, 0.15) is 20.3 Å². The Balaban J connectivity index is 3.52. The summed E-state index contributed by atoms with van der Waals surface area (Å²) in [6, 6.07) is 0.518. The number of nitrogens with one attached hydrogen (secondary N) is 1. The molecule has 0 aromatic heterocycles. The summed E-state index contributed by atoms with van der Waals surface area (Å²) in [5, 5.41) is 3.36. The van der Waals surface area contributed by atoms with Crippen molar-refractivity contribution in [3.05, 3.63) is 0 Å². The summed E-state index contributed by atoms with van der Waals surface area (Å²) in [6.07, 6.45) is 2.38. The summed E-state index contributed by atoms with van der Waals surface area (Å²) in [7, 11) is -2.78. The molecule has 1 unspecified atom stereocenters. The van der Waals surface area contributed by atoms with Crippen LogP contribution in [0.15, 0.2) is 0 Å². The Morgan fingerprint density at radius 3 is 2.43 bits per heavy atom. The predicted molar refractivity (Wildman–Crippen MR) is 64.8 cm³/mol. The Kier molecular flexibility index (Phi) is 7.68. The van der Waals surface area contributed by atoms with Crippen molar-refractivity contribution >= 4 is 21.6 Å². The van der Waals surface area contributed by atoms with Crippen LogP contribution in [-0.2, 0) is 9.84 Å². The summed E-state index contributed by atoms with van der Waals surface area (Å²) < 4.78 is 21.7. The lowest BCUT2D eigenvalue weighted by atomic mass is 10.2. The first-order valence-electron chi connectivity index (χ1n) is 4.98. The molecule has 0 saturated carbocycles. The van der Waals surface area contributed by atoms with Crippen molar-refractivity contribution in [3.63, 3.8) is 0 Å². The number of sulfone groups is 1. The molecule has 1 N–H and O–H groups in total. The number of hydrogen-bond donors (Lipinski definition) is 1. The molecule has 0 rings (SSSR count). The molecule has 0 spiro atoms. The van der Waals surface area contributed by atoms with E-state index >= 15 is 0 Å². The fourth-order valence-corrected chi connectivity index (χ4v) is 3.53. The SMILES string of the molecule is CCNC(CC)CSCCS(C)(=O)=O.